The van der Waals surface area contributed by atoms with Crippen LogP contribution in [0.3, 0.4) is 0 Å². The molecule has 0 saturated carbocycles. The fourth-order valence-electron chi connectivity index (χ4n) is 5.18. The number of amides is 5. The molecule has 1 heterocycles. The van der Waals surface area contributed by atoms with Crippen LogP contribution >= 0.6 is 0 Å². The quantitative estimate of drug-likeness (QED) is 0.198. The standard InChI is InChI=1S/C32H36FN5O5/c1-18-21(20-14-26(33)24(28(15-20)43-4)16-35-13-7-12-29(34)39)8-5-9-22(18)23-10-6-11-27(19(23)2)37-30(40)25-17-36-32(42)38(3)31(25)41/h5-6,8-11,14-15,25,35H,7,12-13,16-17H2,1-4H3,(H2,34,39)(H,36,42)(H,37,40). The summed E-state index contributed by atoms with van der Waals surface area (Å²) in [4.78, 5) is 49.1. The van der Waals surface area contributed by atoms with E-state index in [1.807, 2.05) is 44.2 Å². The van der Waals surface area contributed by atoms with Gasteiger partial charge in [0.1, 0.15) is 17.5 Å². The lowest BCUT2D eigenvalue weighted by Gasteiger charge is -2.28. The number of halogens is 1. The van der Waals surface area contributed by atoms with E-state index >= 15 is 4.39 Å². The second-order valence-electron chi connectivity index (χ2n) is 10.5. The highest BCUT2D eigenvalue weighted by atomic mass is 19.1. The molecule has 0 bridgehead atoms. The van der Waals surface area contributed by atoms with Crippen molar-refractivity contribution in [1.29, 1.82) is 0 Å². The lowest BCUT2D eigenvalue weighted by molar-refractivity contribution is -0.138. The Labute approximate surface area is 249 Å². The normalized spacial score (nSPS) is 14.8. The highest BCUT2D eigenvalue weighted by Crippen LogP contribution is 2.37. The average molecular weight is 590 g/mol. The summed E-state index contributed by atoms with van der Waals surface area (Å²) >= 11 is 0. The highest BCUT2D eigenvalue weighted by Gasteiger charge is 2.36. The van der Waals surface area contributed by atoms with Crippen molar-refractivity contribution in [2.24, 2.45) is 11.7 Å². The topological polar surface area (TPSA) is 143 Å². The molecule has 11 heteroatoms. The molecule has 1 unspecified atom stereocenters. The summed E-state index contributed by atoms with van der Waals surface area (Å²) in [6, 6.07) is 14.0. The molecule has 1 saturated heterocycles. The van der Waals surface area contributed by atoms with Crippen LogP contribution in [0.4, 0.5) is 14.9 Å². The van der Waals surface area contributed by atoms with Gasteiger partial charge in [-0.1, -0.05) is 30.3 Å². The molecule has 10 nitrogen and oxygen atoms in total. The van der Waals surface area contributed by atoms with Crippen LogP contribution in [0.2, 0.25) is 0 Å². The number of nitrogens with zero attached hydrogens (tertiary/aromatic N) is 1. The minimum absolute atomic E-state index is 0.0715. The number of benzene rings is 3. The molecular formula is C32H36FN5O5. The number of urea groups is 1. The van der Waals surface area contributed by atoms with Crippen molar-refractivity contribution >= 4 is 29.4 Å². The number of carbonyl (C=O) groups is 4. The second-order valence-corrected chi connectivity index (χ2v) is 10.5. The first-order chi connectivity index (χ1) is 20.5. The Morgan fingerprint density at radius 1 is 1.07 bits per heavy atom. The molecule has 0 radical (unpaired) electrons. The van der Waals surface area contributed by atoms with Gasteiger partial charge in [-0.25, -0.2) is 9.18 Å². The number of hydrogen-bond donors (Lipinski definition) is 4. The van der Waals surface area contributed by atoms with Crippen molar-refractivity contribution in [2.45, 2.75) is 33.2 Å². The van der Waals surface area contributed by atoms with Crippen molar-refractivity contribution in [3.05, 3.63) is 71.0 Å². The zero-order valence-electron chi connectivity index (χ0n) is 24.7. The van der Waals surface area contributed by atoms with Gasteiger partial charge in [0, 0.05) is 37.8 Å². The van der Waals surface area contributed by atoms with E-state index in [0.29, 0.717) is 35.5 Å². The van der Waals surface area contributed by atoms with Crippen LogP contribution in [0.1, 0.15) is 29.5 Å². The van der Waals surface area contributed by atoms with Crippen LogP contribution in [0, 0.1) is 25.6 Å². The van der Waals surface area contributed by atoms with E-state index in [0.717, 1.165) is 32.7 Å². The van der Waals surface area contributed by atoms with Gasteiger partial charge in [0.15, 0.2) is 0 Å². The number of rotatable bonds is 11. The Morgan fingerprint density at radius 3 is 2.44 bits per heavy atom. The van der Waals surface area contributed by atoms with Gasteiger partial charge in [0.25, 0.3) is 0 Å². The van der Waals surface area contributed by atoms with Gasteiger partial charge in [0.2, 0.25) is 17.7 Å². The monoisotopic (exact) mass is 589 g/mol. The van der Waals surface area contributed by atoms with E-state index < -0.39 is 29.6 Å². The number of primary amides is 1. The number of methoxy groups -OCH3 is 1. The fraction of sp³-hybridized carbons (Fsp3) is 0.312. The number of ether oxygens (including phenoxy) is 1. The van der Waals surface area contributed by atoms with Gasteiger partial charge in [-0.15, -0.1) is 0 Å². The minimum Gasteiger partial charge on any atom is -0.496 e. The van der Waals surface area contributed by atoms with Gasteiger partial charge in [-0.05, 0) is 78.4 Å². The van der Waals surface area contributed by atoms with Gasteiger partial charge in [0.05, 0.1) is 7.11 Å². The summed E-state index contributed by atoms with van der Waals surface area (Å²) in [7, 11) is 2.83. The van der Waals surface area contributed by atoms with E-state index in [4.69, 9.17) is 10.5 Å². The molecule has 1 aliphatic heterocycles. The largest absolute Gasteiger partial charge is 0.496 e. The lowest BCUT2D eigenvalue weighted by Crippen LogP contribution is -2.56. The Hall–Kier alpha value is -4.77. The van der Waals surface area contributed by atoms with Crippen LogP contribution in [0.5, 0.6) is 5.75 Å². The van der Waals surface area contributed by atoms with Crippen molar-refractivity contribution in [2.75, 3.05) is 32.6 Å². The van der Waals surface area contributed by atoms with Crippen LogP contribution in [-0.2, 0) is 20.9 Å². The molecule has 5 N–H and O–H groups in total. The van der Waals surface area contributed by atoms with Gasteiger partial charge >= 0.3 is 6.03 Å². The average Bonchev–Trinajstić information content (AvgIpc) is 2.97. The van der Waals surface area contributed by atoms with Crippen LogP contribution in [0.25, 0.3) is 22.3 Å². The molecule has 0 aromatic heterocycles. The van der Waals surface area contributed by atoms with E-state index in [2.05, 4.69) is 16.0 Å². The van der Waals surface area contributed by atoms with Gasteiger partial charge in [-0.2, -0.15) is 0 Å². The first kappa shape index (κ1) is 31.2. The Balaban J connectivity index is 1.59. The third-order valence-corrected chi connectivity index (χ3v) is 7.69. The molecule has 226 valence electrons. The van der Waals surface area contributed by atoms with E-state index in [9.17, 15) is 19.2 Å². The SMILES string of the molecule is COc1cc(-c2cccc(-c3cccc(NC(=O)C4CNC(=O)N(C)C4=O)c3C)c2C)cc(F)c1CNCCCC(N)=O. The van der Waals surface area contributed by atoms with Crippen LogP contribution in [0.15, 0.2) is 48.5 Å². The van der Waals surface area contributed by atoms with Crippen molar-refractivity contribution in [3.63, 3.8) is 0 Å². The molecule has 43 heavy (non-hydrogen) atoms. The molecule has 0 spiro atoms. The molecular weight excluding hydrogens is 553 g/mol. The van der Waals surface area contributed by atoms with E-state index in [1.54, 1.807) is 12.1 Å². The zero-order valence-corrected chi connectivity index (χ0v) is 24.7. The summed E-state index contributed by atoms with van der Waals surface area (Å²) in [6.45, 7) is 4.50. The van der Waals surface area contributed by atoms with E-state index in [1.165, 1.54) is 20.2 Å². The molecule has 0 aliphatic carbocycles. The summed E-state index contributed by atoms with van der Waals surface area (Å²) in [5.74, 6) is -2.49. The smallest absolute Gasteiger partial charge is 0.323 e. The van der Waals surface area contributed by atoms with Gasteiger partial charge in [-0.3, -0.25) is 19.3 Å². The summed E-state index contributed by atoms with van der Waals surface area (Å²) < 4.78 is 20.9. The number of nitrogens with one attached hydrogen (secondary N) is 3. The highest BCUT2D eigenvalue weighted by molar-refractivity contribution is 6.12. The second kappa shape index (κ2) is 13.5. The molecule has 3 aromatic carbocycles. The summed E-state index contributed by atoms with van der Waals surface area (Å²) in [6.07, 6.45) is 0.815. The maximum Gasteiger partial charge on any atom is 0.323 e. The number of carbonyl (C=O) groups excluding carboxylic acids is 4. The first-order valence-electron chi connectivity index (χ1n) is 13.9. The molecule has 5 amide bonds. The third-order valence-electron chi connectivity index (χ3n) is 7.69. The summed E-state index contributed by atoms with van der Waals surface area (Å²) in [5.41, 5.74) is 11.0. The predicted octanol–water partition coefficient (Wildman–Crippen LogP) is 3.88. The molecule has 1 aliphatic rings. The maximum atomic E-state index is 15.4. The van der Waals surface area contributed by atoms with Crippen molar-refractivity contribution < 1.29 is 28.3 Å². The molecule has 1 fully saturated rings. The third kappa shape index (κ3) is 6.83. The zero-order chi connectivity index (χ0) is 31.3. The molecule has 3 aromatic rings. The van der Waals surface area contributed by atoms with Gasteiger partial charge < -0.3 is 26.4 Å². The van der Waals surface area contributed by atoms with Crippen molar-refractivity contribution in [1.82, 2.24) is 15.5 Å². The van der Waals surface area contributed by atoms with Crippen LogP contribution < -0.4 is 26.4 Å². The van der Waals surface area contributed by atoms with Crippen LogP contribution in [-0.4, -0.2) is 55.9 Å². The minimum atomic E-state index is -1.03. The fourth-order valence-corrected chi connectivity index (χ4v) is 5.18. The Bertz CT molecular complexity index is 1570. The Morgan fingerprint density at radius 2 is 1.74 bits per heavy atom. The number of nitrogens with two attached hydrogens (primary N) is 1. The molecule has 4 rings (SSSR count). The summed E-state index contributed by atoms with van der Waals surface area (Å²) in [5, 5.41) is 8.52. The lowest BCUT2D eigenvalue weighted by atomic mass is 9.90. The number of anilines is 1. The first-order valence-corrected chi connectivity index (χ1v) is 13.9. The van der Waals surface area contributed by atoms with Crippen molar-refractivity contribution in [3.8, 4) is 28.0 Å². The predicted molar refractivity (Wildman–Crippen MR) is 162 cm³/mol. The maximum absolute atomic E-state index is 15.4. The Kier molecular flexibility index (Phi) is 9.77. The number of imide groups is 1. The van der Waals surface area contributed by atoms with E-state index in [-0.39, 0.29) is 25.4 Å². The molecule has 1 atom stereocenters. The number of hydrogen-bond acceptors (Lipinski definition) is 6.